The summed E-state index contributed by atoms with van der Waals surface area (Å²) >= 11 is 2.36. The highest BCUT2D eigenvalue weighted by Gasteiger charge is 2.01. The predicted molar refractivity (Wildman–Crippen MR) is 89.0 cm³/mol. The molecule has 2 rings (SSSR count). The van der Waals surface area contributed by atoms with E-state index >= 15 is 0 Å². The highest BCUT2D eigenvalue weighted by atomic mass is 127. The fraction of sp³-hybridized carbons (Fsp3) is 0.250. The van der Waals surface area contributed by atoms with Crippen LogP contribution >= 0.6 is 22.6 Å². The number of nitrogens with one attached hydrogen (secondary N) is 1. The van der Waals surface area contributed by atoms with Gasteiger partial charge in [-0.3, -0.25) is 0 Å². The van der Waals surface area contributed by atoms with Crippen molar-refractivity contribution in [3.63, 3.8) is 0 Å². The van der Waals surface area contributed by atoms with Crippen LogP contribution in [0.5, 0.6) is 5.75 Å². The van der Waals surface area contributed by atoms with Crippen molar-refractivity contribution in [2.75, 3.05) is 12.4 Å². The molecule has 0 aliphatic rings. The van der Waals surface area contributed by atoms with Crippen LogP contribution in [0.1, 0.15) is 16.7 Å². The first kappa shape index (κ1) is 14.2. The average molecular weight is 367 g/mol. The highest BCUT2D eigenvalue weighted by molar-refractivity contribution is 14.1. The van der Waals surface area contributed by atoms with Gasteiger partial charge >= 0.3 is 0 Å². The van der Waals surface area contributed by atoms with Gasteiger partial charge in [0.1, 0.15) is 5.75 Å². The summed E-state index contributed by atoms with van der Waals surface area (Å²) in [4.78, 5) is 0. The van der Waals surface area contributed by atoms with Gasteiger partial charge in [0.2, 0.25) is 0 Å². The van der Waals surface area contributed by atoms with Crippen molar-refractivity contribution in [2.24, 2.45) is 0 Å². The Morgan fingerprint density at radius 3 is 2.47 bits per heavy atom. The zero-order chi connectivity index (χ0) is 13.8. The monoisotopic (exact) mass is 367 g/mol. The van der Waals surface area contributed by atoms with E-state index in [0.717, 1.165) is 18.0 Å². The summed E-state index contributed by atoms with van der Waals surface area (Å²) in [6.45, 7) is 5.01. The molecule has 3 heteroatoms. The molecule has 0 aromatic heterocycles. The Bertz CT molecular complexity index is 581. The number of hydrogen-bond donors (Lipinski definition) is 1. The standard InChI is InChI=1S/C16H18INO/c1-11-4-6-14(9-15(11)17)18-10-13-5-7-16(19-3)12(2)8-13/h4-9,18H,10H2,1-3H3. The normalized spacial score (nSPS) is 10.3. The second kappa shape index (κ2) is 6.28. The highest BCUT2D eigenvalue weighted by Crippen LogP contribution is 2.20. The molecule has 0 saturated heterocycles. The molecule has 0 saturated carbocycles. The fourth-order valence-electron chi connectivity index (χ4n) is 1.96. The summed E-state index contributed by atoms with van der Waals surface area (Å²) in [5.41, 5.74) is 4.89. The summed E-state index contributed by atoms with van der Waals surface area (Å²) in [6, 6.07) is 12.7. The molecule has 0 bridgehead atoms. The summed E-state index contributed by atoms with van der Waals surface area (Å²) in [5.74, 6) is 0.939. The number of benzene rings is 2. The van der Waals surface area contributed by atoms with Crippen LogP contribution in [0.2, 0.25) is 0 Å². The second-order valence-electron chi connectivity index (χ2n) is 4.62. The minimum absolute atomic E-state index is 0.823. The zero-order valence-electron chi connectivity index (χ0n) is 11.5. The smallest absolute Gasteiger partial charge is 0.121 e. The molecule has 2 nitrogen and oxygen atoms in total. The molecule has 19 heavy (non-hydrogen) atoms. The van der Waals surface area contributed by atoms with Crippen molar-refractivity contribution in [1.29, 1.82) is 0 Å². The number of rotatable bonds is 4. The van der Waals surface area contributed by atoms with E-state index in [0.29, 0.717) is 0 Å². The van der Waals surface area contributed by atoms with E-state index < -0.39 is 0 Å². The van der Waals surface area contributed by atoms with Gasteiger partial charge in [-0.2, -0.15) is 0 Å². The average Bonchev–Trinajstić information content (AvgIpc) is 2.40. The lowest BCUT2D eigenvalue weighted by molar-refractivity contribution is 0.411. The van der Waals surface area contributed by atoms with Gasteiger partial charge in [-0.05, 0) is 71.3 Å². The molecule has 0 aliphatic carbocycles. The third-order valence-corrected chi connectivity index (χ3v) is 4.29. The van der Waals surface area contributed by atoms with E-state index in [1.54, 1.807) is 7.11 Å². The molecule has 0 atom stereocenters. The van der Waals surface area contributed by atoms with E-state index in [9.17, 15) is 0 Å². The molecule has 1 N–H and O–H groups in total. The molecule has 2 aromatic carbocycles. The minimum Gasteiger partial charge on any atom is -0.496 e. The van der Waals surface area contributed by atoms with Crippen molar-refractivity contribution in [3.8, 4) is 5.75 Å². The Hall–Kier alpha value is -1.23. The van der Waals surface area contributed by atoms with Crippen molar-refractivity contribution in [3.05, 3.63) is 56.7 Å². The maximum Gasteiger partial charge on any atom is 0.121 e. The van der Waals surface area contributed by atoms with Crippen LogP contribution < -0.4 is 10.1 Å². The lowest BCUT2D eigenvalue weighted by Gasteiger charge is -2.10. The van der Waals surface area contributed by atoms with Gasteiger partial charge in [0.05, 0.1) is 7.11 Å². The van der Waals surface area contributed by atoms with Crippen LogP contribution in [0, 0.1) is 17.4 Å². The van der Waals surface area contributed by atoms with Crippen molar-refractivity contribution in [2.45, 2.75) is 20.4 Å². The number of aryl methyl sites for hydroxylation is 2. The maximum atomic E-state index is 5.27. The Morgan fingerprint density at radius 2 is 1.84 bits per heavy atom. The molecular weight excluding hydrogens is 349 g/mol. The van der Waals surface area contributed by atoms with E-state index in [-0.39, 0.29) is 0 Å². The van der Waals surface area contributed by atoms with Gasteiger partial charge in [-0.1, -0.05) is 18.2 Å². The third kappa shape index (κ3) is 3.62. The predicted octanol–water partition coefficient (Wildman–Crippen LogP) is 4.53. The fourth-order valence-corrected chi connectivity index (χ4v) is 2.47. The summed E-state index contributed by atoms with van der Waals surface area (Å²) < 4.78 is 6.56. The SMILES string of the molecule is COc1ccc(CNc2ccc(C)c(I)c2)cc1C. The number of methoxy groups -OCH3 is 1. The Kier molecular flexibility index (Phi) is 4.69. The lowest BCUT2D eigenvalue weighted by Crippen LogP contribution is -2.00. The summed E-state index contributed by atoms with van der Waals surface area (Å²) in [5, 5.41) is 3.45. The molecule has 0 heterocycles. The first-order valence-corrected chi connectivity index (χ1v) is 7.31. The number of ether oxygens (including phenoxy) is 1. The molecule has 0 amide bonds. The van der Waals surface area contributed by atoms with E-state index in [1.807, 2.05) is 6.07 Å². The van der Waals surface area contributed by atoms with Gasteiger partial charge < -0.3 is 10.1 Å². The molecule has 0 aliphatic heterocycles. The van der Waals surface area contributed by atoms with Crippen LogP contribution in [0.4, 0.5) is 5.69 Å². The van der Waals surface area contributed by atoms with Crippen LogP contribution in [0.15, 0.2) is 36.4 Å². The van der Waals surface area contributed by atoms with Crippen LogP contribution in [0.25, 0.3) is 0 Å². The molecule has 0 radical (unpaired) electrons. The Morgan fingerprint density at radius 1 is 1.05 bits per heavy atom. The minimum atomic E-state index is 0.823. The lowest BCUT2D eigenvalue weighted by atomic mass is 10.1. The molecule has 100 valence electrons. The van der Waals surface area contributed by atoms with E-state index in [4.69, 9.17) is 4.74 Å². The number of hydrogen-bond acceptors (Lipinski definition) is 2. The largest absolute Gasteiger partial charge is 0.496 e. The van der Waals surface area contributed by atoms with Crippen LogP contribution in [0.3, 0.4) is 0 Å². The Labute approximate surface area is 128 Å². The maximum absolute atomic E-state index is 5.27. The van der Waals surface area contributed by atoms with Crippen LogP contribution in [-0.2, 0) is 6.54 Å². The van der Waals surface area contributed by atoms with Gasteiger partial charge in [0, 0.05) is 15.8 Å². The topological polar surface area (TPSA) is 21.3 Å². The van der Waals surface area contributed by atoms with E-state index in [2.05, 4.69) is 72.1 Å². The third-order valence-electron chi connectivity index (χ3n) is 3.13. The van der Waals surface area contributed by atoms with Crippen LogP contribution in [-0.4, -0.2) is 7.11 Å². The molecular formula is C16H18INO. The second-order valence-corrected chi connectivity index (χ2v) is 5.78. The zero-order valence-corrected chi connectivity index (χ0v) is 13.6. The van der Waals surface area contributed by atoms with Gasteiger partial charge in [-0.25, -0.2) is 0 Å². The van der Waals surface area contributed by atoms with E-state index in [1.165, 1.54) is 20.3 Å². The molecule has 2 aromatic rings. The first-order valence-electron chi connectivity index (χ1n) is 6.23. The summed E-state index contributed by atoms with van der Waals surface area (Å²) in [7, 11) is 1.70. The molecule has 0 spiro atoms. The van der Waals surface area contributed by atoms with Gasteiger partial charge in [-0.15, -0.1) is 0 Å². The first-order chi connectivity index (χ1) is 9.10. The van der Waals surface area contributed by atoms with Crippen molar-refractivity contribution in [1.82, 2.24) is 0 Å². The molecule has 0 fully saturated rings. The Balaban J connectivity index is 2.05. The van der Waals surface area contributed by atoms with Gasteiger partial charge in [0.25, 0.3) is 0 Å². The number of halogens is 1. The quantitative estimate of drug-likeness (QED) is 0.802. The van der Waals surface area contributed by atoms with Gasteiger partial charge in [0.15, 0.2) is 0 Å². The van der Waals surface area contributed by atoms with Crippen molar-refractivity contribution >= 4 is 28.3 Å². The summed E-state index contributed by atoms with van der Waals surface area (Å²) in [6.07, 6.45) is 0. The van der Waals surface area contributed by atoms with Crippen molar-refractivity contribution < 1.29 is 4.74 Å². The number of anilines is 1. The molecule has 0 unspecified atom stereocenters.